The number of fused-ring (bicyclic) bond motifs is 2. The molecule has 1 N–H and O–H groups in total. The lowest BCUT2D eigenvalue weighted by molar-refractivity contribution is -0.111. The van der Waals surface area contributed by atoms with Crippen molar-refractivity contribution in [1.82, 2.24) is 5.16 Å². The second kappa shape index (κ2) is 8.56. The van der Waals surface area contributed by atoms with Crippen LogP contribution in [0.2, 0.25) is 0 Å². The number of carbonyl (C=O) groups excluding carboxylic acids is 1. The average Bonchev–Trinajstić information content (AvgIpc) is 3.44. The third kappa shape index (κ3) is 3.83. The van der Waals surface area contributed by atoms with Gasteiger partial charge in [0.15, 0.2) is 5.82 Å². The van der Waals surface area contributed by atoms with Crippen LogP contribution in [0.15, 0.2) is 75.9 Å². The normalized spacial score (nSPS) is 11.8. The molecule has 0 spiro atoms. The summed E-state index contributed by atoms with van der Waals surface area (Å²) in [5, 5.41) is 9.84. The van der Waals surface area contributed by atoms with Crippen molar-refractivity contribution >= 4 is 39.0 Å². The van der Waals surface area contributed by atoms with Crippen LogP contribution in [0, 0.1) is 13.8 Å². The molecule has 170 valence electrons. The molecule has 34 heavy (non-hydrogen) atoms. The summed E-state index contributed by atoms with van der Waals surface area (Å²) in [4.78, 5) is 12.6. The fraction of sp³-hybridized carbons (Fsp3) is 0.143. The standard InChI is InChI=1S/C28H24N2O4/c1-16(11-26(31)29-25-12-17(2)34-30-25)22-14-23-24(15-33-28(23)18(3)27(22)32-4)21-10-9-19-7-5-6-8-20(19)13-21/h5-15H,1-4H3,(H,29,30,31)/b16-11+. The topological polar surface area (TPSA) is 77.5 Å². The Balaban J connectivity index is 1.59. The van der Waals surface area contributed by atoms with Gasteiger partial charge in [-0.05, 0) is 54.8 Å². The van der Waals surface area contributed by atoms with E-state index < -0.39 is 0 Å². The highest BCUT2D eigenvalue weighted by Gasteiger charge is 2.19. The minimum absolute atomic E-state index is 0.299. The molecule has 1 amide bonds. The number of ether oxygens (including phenoxy) is 1. The van der Waals surface area contributed by atoms with E-state index in [4.69, 9.17) is 13.7 Å². The summed E-state index contributed by atoms with van der Waals surface area (Å²) >= 11 is 0. The number of allylic oxidation sites excluding steroid dienone is 1. The average molecular weight is 453 g/mol. The van der Waals surface area contributed by atoms with Crippen LogP contribution in [0.4, 0.5) is 5.82 Å². The van der Waals surface area contributed by atoms with Crippen LogP contribution in [0.25, 0.3) is 38.4 Å². The van der Waals surface area contributed by atoms with Crippen LogP contribution in [-0.2, 0) is 4.79 Å². The molecule has 5 aromatic rings. The molecule has 0 saturated carbocycles. The SMILES string of the molecule is COc1c(/C(C)=C/C(=O)Nc2cc(C)on2)cc2c(-c3ccc4ccccc4c3)coc2c1C. The van der Waals surface area contributed by atoms with Gasteiger partial charge in [-0.15, -0.1) is 0 Å². The Hall–Kier alpha value is -4.32. The van der Waals surface area contributed by atoms with Crippen molar-refractivity contribution in [2.75, 3.05) is 12.4 Å². The molecular weight excluding hydrogens is 428 g/mol. The molecule has 0 aliphatic heterocycles. The molecule has 0 bridgehead atoms. The second-order valence-electron chi connectivity index (χ2n) is 8.31. The zero-order chi connectivity index (χ0) is 23.8. The Kier molecular flexibility index (Phi) is 5.42. The number of methoxy groups -OCH3 is 1. The number of aryl methyl sites for hydroxylation is 2. The predicted molar refractivity (Wildman–Crippen MR) is 134 cm³/mol. The van der Waals surface area contributed by atoms with Gasteiger partial charge in [0.1, 0.15) is 17.1 Å². The predicted octanol–water partition coefficient (Wildman–Crippen LogP) is 6.91. The third-order valence-corrected chi connectivity index (χ3v) is 5.96. The lowest BCUT2D eigenvalue weighted by Gasteiger charge is -2.13. The van der Waals surface area contributed by atoms with Crippen LogP contribution < -0.4 is 10.1 Å². The number of nitrogens with zero attached hydrogens (tertiary/aromatic N) is 1. The first-order valence-corrected chi connectivity index (χ1v) is 11.0. The van der Waals surface area contributed by atoms with Crippen LogP contribution in [-0.4, -0.2) is 18.2 Å². The second-order valence-corrected chi connectivity index (χ2v) is 8.31. The van der Waals surface area contributed by atoms with E-state index in [9.17, 15) is 4.79 Å². The summed E-state index contributed by atoms with van der Waals surface area (Å²) in [7, 11) is 1.62. The van der Waals surface area contributed by atoms with E-state index >= 15 is 0 Å². The summed E-state index contributed by atoms with van der Waals surface area (Å²) in [5.74, 6) is 1.37. The van der Waals surface area contributed by atoms with E-state index in [1.807, 2.05) is 32.0 Å². The van der Waals surface area contributed by atoms with E-state index in [0.717, 1.165) is 44.2 Å². The molecule has 6 heteroatoms. The molecule has 6 nitrogen and oxygen atoms in total. The lowest BCUT2D eigenvalue weighted by Crippen LogP contribution is -2.09. The van der Waals surface area contributed by atoms with E-state index in [1.54, 1.807) is 26.4 Å². The maximum absolute atomic E-state index is 12.6. The fourth-order valence-electron chi connectivity index (χ4n) is 4.31. The molecule has 0 aliphatic carbocycles. The highest BCUT2D eigenvalue weighted by molar-refractivity contribution is 6.06. The molecule has 0 aliphatic rings. The van der Waals surface area contributed by atoms with Crippen molar-refractivity contribution in [2.45, 2.75) is 20.8 Å². The Labute approximate surface area is 196 Å². The zero-order valence-electron chi connectivity index (χ0n) is 19.4. The van der Waals surface area contributed by atoms with Gasteiger partial charge in [-0.2, -0.15) is 0 Å². The number of furan rings is 1. The number of hydrogen-bond donors (Lipinski definition) is 1. The number of aromatic nitrogens is 1. The Bertz CT molecular complexity index is 1570. The maximum Gasteiger partial charge on any atom is 0.249 e. The van der Waals surface area contributed by atoms with Gasteiger partial charge >= 0.3 is 0 Å². The number of anilines is 1. The van der Waals surface area contributed by atoms with E-state index in [2.05, 4.69) is 40.8 Å². The van der Waals surface area contributed by atoms with Gasteiger partial charge < -0.3 is 19.0 Å². The highest BCUT2D eigenvalue weighted by atomic mass is 16.5. The quantitative estimate of drug-likeness (QED) is 0.293. The summed E-state index contributed by atoms with van der Waals surface area (Å²) in [6.07, 6.45) is 3.31. The molecule has 0 atom stereocenters. The first-order valence-electron chi connectivity index (χ1n) is 11.0. The largest absolute Gasteiger partial charge is 0.496 e. The van der Waals surface area contributed by atoms with Crippen molar-refractivity contribution < 1.29 is 18.5 Å². The monoisotopic (exact) mass is 452 g/mol. The van der Waals surface area contributed by atoms with Crippen molar-refractivity contribution in [2.24, 2.45) is 0 Å². The van der Waals surface area contributed by atoms with Gasteiger partial charge in [-0.3, -0.25) is 4.79 Å². The van der Waals surface area contributed by atoms with Crippen molar-refractivity contribution in [3.8, 4) is 16.9 Å². The highest BCUT2D eigenvalue weighted by Crippen LogP contribution is 2.41. The van der Waals surface area contributed by atoms with Crippen molar-refractivity contribution in [1.29, 1.82) is 0 Å². The van der Waals surface area contributed by atoms with Gasteiger partial charge in [-0.1, -0.05) is 41.6 Å². The number of benzene rings is 3. The summed E-state index contributed by atoms with van der Waals surface area (Å²) in [5.41, 5.74) is 5.27. The Morgan fingerprint density at radius 3 is 2.59 bits per heavy atom. The molecule has 2 aromatic heterocycles. The van der Waals surface area contributed by atoms with E-state index in [-0.39, 0.29) is 5.91 Å². The van der Waals surface area contributed by atoms with Gasteiger partial charge in [0.25, 0.3) is 0 Å². The van der Waals surface area contributed by atoms with E-state index in [0.29, 0.717) is 17.3 Å². The van der Waals surface area contributed by atoms with Crippen LogP contribution >= 0.6 is 0 Å². The molecule has 5 rings (SSSR count). The van der Waals surface area contributed by atoms with E-state index in [1.165, 1.54) is 11.5 Å². The first kappa shape index (κ1) is 21.5. The van der Waals surface area contributed by atoms with Crippen LogP contribution in [0.3, 0.4) is 0 Å². The minimum atomic E-state index is -0.299. The van der Waals surface area contributed by atoms with Crippen LogP contribution in [0.1, 0.15) is 23.8 Å². The summed E-state index contributed by atoms with van der Waals surface area (Å²) < 4.78 is 16.7. The molecule has 0 fully saturated rings. The maximum atomic E-state index is 12.6. The number of rotatable bonds is 5. The summed E-state index contributed by atoms with van der Waals surface area (Å²) in [6.45, 7) is 5.61. The van der Waals surface area contributed by atoms with Crippen molar-refractivity contribution in [3.63, 3.8) is 0 Å². The Morgan fingerprint density at radius 1 is 1.06 bits per heavy atom. The van der Waals surface area contributed by atoms with Gasteiger partial charge in [0.05, 0.1) is 13.4 Å². The number of hydrogen-bond acceptors (Lipinski definition) is 5. The number of amides is 1. The third-order valence-electron chi connectivity index (χ3n) is 5.96. The number of nitrogens with one attached hydrogen (secondary N) is 1. The van der Waals surface area contributed by atoms with Gasteiger partial charge in [0, 0.05) is 34.2 Å². The van der Waals surface area contributed by atoms with Crippen LogP contribution in [0.5, 0.6) is 5.75 Å². The molecule has 3 aromatic carbocycles. The first-order chi connectivity index (χ1) is 16.4. The van der Waals surface area contributed by atoms with Crippen molar-refractivity contribution in [3.05, 3.63) is 83.8 Å². The Morgan fingerprint density at radius 2 is 1.85 bits per heavy atom. The zero-order valence-corrected chi connectivity index (χ0v) is 19.4. The molecule has 2 heterocycles. The van der Waals surface area contributed by atoms with Gasteiger partial charge in [0.2, 0.25) is 5.91 Å². The lowest BCUT2D eigenvalue weighted by atomic mass is 9.95. The fourth-order valence-corrected chi connectivity index (χ4v) is 4.31. The summed E-state index contributed by atoms with van der Waals surface area (Å²) in [6, 6.07) is 18.3. The minimum Gasteiger partial charge on any atom is -0.496 e. The molecule has 0 radical (unpaired) electrons. The van der Waals surface area contributed by atoms with Gasteiger partial charge in [-0.25, -0.2) is 0 Å². The molecular formula is C28H24N2O4. The number of carbonyl (C=O) groups is 1. The molecule has 0 unspecified atom stereocenters. The smallest absolute Gasteiger partial charge is 0.249 e. The molecule has 0 saturated heterocycles.